The van der Waals surface area contributed by atoms with Crippen molar-refractivity contribution in [3.8, 4) is 23.0 Å². The number of para-hydroxylation sites is 1. The smallest absolute Gasteiger partial charge is 0.231 e. The van der Waals surface area contributed by atoms with Crippen LogP contribution in [0.25, 0.3) is 0 Å². The molecule has 1 spiro atoms. The van der Waals surface area contributed by atoms with Gasteiger partial charge in [0.15, 0.2) is 23.0 Å². The Bertz CT molecular complexity index is 1030. The van der Waals surface area contributed by atoms with E-state index in [1.807, 2.05) is 24.3 Å². The van der Waals surface area contributed by atoms with Crippen LogP contribution in [0.1, 0.15) is 36.4 Å². The summed E-state index contributed by atoms with van der Waals surface area (Å²) in [5, 5.41) is 7.36. The maximum Gasteiger partial charge on any atom is 0.231 e. The van der Waals surface area contributed by atoms with Gasteiger partial charge in [0.2, 0.25) is 12.5 Å². The third-order valence-corrected chi connectivity index (χ3v) is 6.68. The van der Waals surface area contributed by atoms with Gasteiger partial charge < -0.3 is 23.8 Å². The molecular weight excluding hydrogens is 382 g/mol. The minimum Gasteiger partial charge on any atom is -0.493 e. The molecule has 1 fully saturated rings. The van der Waals surface area contributed by atoms with Gasteiger partial charge in [-0.25, -0.2) is 5.01 Å². The molecule has 4 aliphatic heterocycles. The van der Waals surface area contributed by atoms with E-state index in [1.165, 1.54) is 0 Å². The summed E-state index contributed by atoms with van der Waals surface area (Å²) < 4.78 is 23.4. The van der Waals surface area contributed by atoms with Gasteiger partial charge in [0.25, 0.3) is 0 Å². The lowest BCUT2D eigenvalue weighted by molar-refractivity contribution is -0.148. The predicted molar refractivity (Wildman–Crippen MR) is 111 cm³/mol. The molecule has 4 aliphatic rings. The van der Waals surface area contributed by atoms with E-state index in [0.29, 0.717) is 0 Å². The van der Waals surface area contributed by atoms with Crippen LogP contribution in [-0.4, -0.2) is 55.4 Å². The number of benzene rings is 2. The molecule has 0 bridgehead atoms. The first kappa shape index (κ1) is 17.9. The largest absolute Gasteiger partial charge is 0.493 e. The number of methoxy groups -OCH3 is 1. The van der Waals surface area contributed by atoms with E-state index in [9.17, 15) is 0 Å². The van der Waals surface area contributed by atoms with E-state index in [0.717, 1.165) is 72.2 Å². The molecule has 0 aliphatic carbocycles. The molecule has 0 N–H and O–H groups in total. The first-order valence-corrected chi connectivity index (χ1v) is 10.5. The molecule has 30 heavy (non-hydrogen) atoms. The van der Waals surface area contributed by atoms with E-state index < -0.39 is 5.72 Å². The number of hydrogen-bond donors (Lipinski definition) is 0. The van der Waals surface area contributed by atoms with Crippen LogP contribution in [0.4, 0.5) is 0 Å². The first-order chi connectivity index (χ1) is 14.7. The van der Waals surface area contributed by atoms with Crippen molar-refractivity contribution in [2.75, 3.05) is 34.0 Å². The van der Waals surface area contributed by atoms with Crippen LogP contribution in [0, 0.1) is 0 Å². The molecule has 0 radical (unpaired) electrons. The molecule has 1 atom stereocenters. The Morgan fingerprint density at radius 1 is 1.10 bits per heavy atom. The zero-order chi connectivity index (χ0) is 20.3. The number of nitrogens with zero attached hydrogens (tertiary/aromatic N) is 3. The highest BCUT2D eigenvalue weighted by atomic mass is 16.7. The van der Waals surface area contributed by atoms with Gasteiger partial charge >= 0.3 is 0 Å². The molecule has 1 saturated heterocycles. The molecule has 4 heterocycles. The predicted octanol–water partition coefficient (Wildman–Crippen LogP) is 3.39. The molecular formula is C23H25N3O4. The maximum atomic E-state index is 6.73. The van der Waals surface area contributed by atoms with E-state index in [4.69, 9.17) is 24.0 Å². The molecule has 156 valence electrons. The number of piperidine rings is 1. The number of ether oxygens (including phenoxy) is 4. The molecule has 7 heteroatoms. The number of hydrazone groups is 1. The van der Waals surface area contributed by atoms with Crippen molar-refractivity contribution in [2.45, 2.75) is 31.0 Å². The minimum atomic E-state index is -0.448. The molecule has 0 saturated carbocycles. The second kappa shape index (κ2) is 6.54. The Morgan fingerprint density at radius 3 is 2.77 bits per heavy atom. The standard InChI is InChI=1S/C23H25N3O4/c1-25-10-8-23(9-11-25)26-18(16-4-3-5-20(27-2)22(16)30-23)13-17(24-26)15-6-7-19-21(12-15)29-14-28-19/h3-7,12,18H,8-11,13-14H2,1-2H3. The maximum absolute atomic E-state index is 6.73. The Kier molecular flexibility index (Phi) is 3.90. The Labute approximate surface area is 175 Å². The van der Waals surface area contributed by atoms with Crippen LogP contribution in [0.15, 0.2) is 41.5 Å². The summed E-state index contributed by atoms with van der Waals surface area (Å²) in [6.45, 7) is 2.23. The molecule has 0 aromatic heterocycles. The van der Waals surface area contributed by atoms with Crippen LogP contribution in [0.3, 0.4) is 0 Å². The summed E-state index contributed by atoms with van der Waals surface area (Å²) in [4.78, 5) is 2.35. The summed E-state index contributed by atoms with van der Waals surface area (Å²) in [6.07, 6.45) is 2.62. The summed E-state index contributed by atoms with van der Waals surface area (Å²) in [7, 11) is 3.86. The van der Waals surface area contributed by atoms with Crippen LogP contribution < -0.4 is 18.9 Å². The summed E-state index contributed by atoms with van der Waals surface area (Å²) in [6, 6.07) is 12.3. The fourth-order valence-corrected chi connectivity index (χ4v) is 4.98. The summed E-state index contributed by atoms with van der Waals surface area (Å²) >= 11 is 0. The number of likely N-dealkylation sites (tertiary alicyclic amines) is 1. The van der Waals surface area contributed by atoms with Gasteiger partial charge in [0.1, 0.15) is 0 Å². The Morgan fingerprint density at radius 2 is 1.93 bits per heavy atom. The van der Waals surface area contributed by atoms with Crippen molar-refractivity contribution >= 4 is 5.71 Å². The highest BCUT2D eigenvalue weighted by Crippen LogP contribution is 2.52. The lowest BCUT2D eigenvalue weighted by atomic mass is 9.90. The van der Waals surface area contributed by atoms with Crippen LogP contribution in [0.2, 0.25) is 0 Å². The molecule has 1 unspecified atom stereocenters. The Hall–Kier alpha value is -2.93. The van der Waals surface area contributed by atoms with E-state index >= 15 is 0 Å². The van der Waals surface area contributed by atoms with Gasteiger partial charge in [-0.2, -0.15) is 5.10 Å². The highest BCUT2D eigenvalue weighted by Gasteiger charge is 2.52. The van der Waals surface area contributed by atoms with Crippen molar-refractivity contribution in [3.63, 3.8) is 0 Å². The normalized spacial score (nSPS) is 23.6. The highest BCUT2D eigenvalue weighted by molar-refractivity contribution is 6.02. The topological polar surface area (TPSA) is 55.8 Å². The quantitative estimate of drug-likeness (QED) is 0.761. The lowest BCUT2D eigenvalue weighted by Crippen LogP contribution is -2.58. The average Bonchev–Trinajstić information content (AvgIpc) is 3.43. The second-order valence-electron chi connectivity index (χ2n) is 8.41. The van der Waals surface area contributed by atoms with E-state index in [2.05, 4.69) is 29.1 Å². The molecule has 7 nitrogen and oxygen atoms in total. The van der Waals surface area contributed by atoms with Crippen LogP contribution >= 0.6 is 0 Å². The van der Waals surface area contributed by atoms with Gasteiger partial charge in [-0.05, 0) is 31.3 Å². The van der Waals surface area contributed by atoms with E-state index in [-0.39, 0.29) is 12.8 Å². The third-order valence-electron chi connectivity index (χ3n) is 6.68. The van der Waals surface area contributed by atoms with E-state index in [1.54, 1.807) is 7.11 Å². The molecule has 2 aromatic rings. The monoisotopic (exact) mass is 407 g/mol. The zero-order valence-corrected chi connectivity index (χ0v) is 17.3. The number of rotatable bonds is 2. The van der Waals surface area contributed by atoms with Crippen molar-refractivity contribution in [1.29, 1.82) is 0 Å². The molecule has 6 rings (SSSR count). The Balaban J connectivity index is 1.44. The number of fused-ring (bicyclic) bond motifs is 5. The first-order valence-electron chi connectivity index (χ1n) is 10.5. The lowest BCUT2D eigenvalue weighted by Gasteiger charge is -2.50. The van der Waals surface area contributed by atoms with Crippen LogP contribution in [0.5, 0.6) is 23.0 Å². The second-order valence-corrected chi connectivity index (χ2v) is 8.41. The summed E-state index contributed by atoms with van der Waals surface area (Å²) in [5.41, 5.74) is 2.81. The van der Waals surface area contributed by atoms with Crippen molar-refractivity contribution in [1.82, 2.24) is 9.91 Å². The van der Waals surface area contributed by atoms with Crippen molar-refractivity contribution in [3.05, 3.63) is 47.5 Å². The number of hydrogen-bond acceptors (Lipinski definition) is 7. The fraction of sp³-hybridized carbons (Fsp3) is 0.435. The SMILES string of the molecule is COc1cccc2c1OC1(CCN(C)CC1)N1N=C(c3ccc4c(c3)OCO4)CC21. The van der Waals surface area contributed by atoms with Crippen molar-refractivity contribution < 1.29 is 18.9 Å². The third kappa shape index (κ3) is 2.58. The summed E-state index contributed by atoms with van der Waals surface area (Å²) in [5.74, 6) is 3.24. The van der Waals surface area contributed by atoms with Crippen molar-refractivity contribution in [2.24, 2.45) is 5.10 Å². The van der Waals surface area contributed by atoms with Gasteiger partial charge in [-0.3, -0.25) is 0 Å². The molecule has 2 aromatic carbocycles. The fourth-order valence-electron chi connectivity index (χ4n) is 4.98. The van der Waals surface area contributed by atoms with Gasteiger partial charge in [0, 0.05) is 43.5 Å². The van der Waals surface area contributed by atoms with Crippen LogP contribution in [-0.2, 0) is 0 Å². The van der Waals surface area contributed by atoms with Gasteiger partial charge in [0.05, 0.1) is 18.9 Å². The molecule has 0 amide bonds. The zero-order valence-electron chi connectivity index (χ0n) is 17.3. The van der Waals surface area contributed by atoms with Gasteiger partial charge in [-0.15, -0.1) is 0 Å². The average molecular weight is 407 g/mol. The van der Waals surface area contributed by atoms with Gasteiger partial charge in [-0.1, -0.05) is 12.1 Å². The minimum absolute atomic E-state index is 0.132.